The fourth-order valence-corrected chi connectivity index (χ4v) is 0.868. The Morgan fingerprint density at radius 3 is 2.06 bits per heavy atom. The van der Waals surface area contributed by atoms with Crippen molar-refractivity contribution in [3.8, 4) is 0 Å². The van der Waals surface area contributed by atoms with E-state index in [2.05, 4.69) is 10.6 Å². The predicted octanol–water partition coefficient (Wildman–Crippen LogP) is -1.36. The van der Waals surface area contributed by atoms with E-state index in [-0.39, 0.29) is 5.91 Å². The minimum Gasteiger partial charge on any atom is -0.357 e. The van der Waals surface area contributed by atoms with Crippen LogP contribution in [0.2, 0.25) is 0 Å². The number of imide groups is 1. The maximum Gasteiger partial charge on any atom is 0.324 e. The molecule has 0 aliphatic carbocycles. The summed E-state index contributed by atoms with van der Waals surface area (Å²) in [5.41, 5.74) is 5.28. The zero-order valence-corrected chi connectivity index (χ0v) is 9.90. The average molecular weight is 230 g/mol. The number of carbonyl (C=O) groups excluding carboxylic acids is 3. The molecule has 0 heterocycles. The number of nitrogens with zero attached hydrogens (tertiary/aromatic N) is 1. The quantitative estimate of drug-likeness (QED) is 0.556. The Hall–Kier alpha value is -1.63. The van der Waals surface area contributed by atoms with Gasteiger partial charge in [-0.1, -0.05) is 0 Å². The van der Waals surface area contributed by atoms with E-state index >= 15 is 0 Å². The first-order valence-electron chi connectivity index (χ1n) is 4.86. The molecule has 0 aromatic carbocycles. The van der Waals surface area contributed by atoms with E-state index < -0.39 is 24.0 Å². The molecule has 0 aromatic rings. The summed E-state index contributed by atoms with van der Waals surface area (Å²) in [7, 11) is 2.89. The highest BCUT2D eigenvalue weighted by Crippen LogP contribution is 1.96. The number of hydrogen-bond acceptors (Lipinski definition) is 4. The van der Waals surface area contributed by atoms with Gasteiger partial charge in [-0.3, -0.25) is 14.9 Å². The van der Waals surface area contributed by atoms with Crippen molar-refractivity contribution in [2.45, 2.75) is 25.9 Å². The first-order chi connectivity index (χ1) is 7.31. The first kappa shape index (κ1) is 14.4. The van der Waals surface area contributed by atoms with Crippen LogP contribution in [0, 0.1) is 0 Å². The number of amides is 4. The van der Waals surface area contributed by atoms with E-state index in [4.69, 9.17) is 5.73 Å². The fourth-order valence-electron chi connectivity index (χ4n) is 0.868. The van der Waals surface area contributed by atoms with E-state index in [0.717, 1.165) is 4.90 Å². The number of rotatable bonds is 3. The van der Waals surface area contributed by atoms with Gasteiger partial charge in [0.05, 0.1) is 6.04 Å². The Labute approximate surface area is 94.3 Å². The molecule has 0 spiro atoms. The van der Waals surface area contributed by atoms with Crippen LogP contribution in [0.3, 0.4) is 0 Å². The molecule has 0 aliphatic rings. The van der Waals surface area contributed by atoms with Gasteiger partial charge in [0.15, 0.2) is 0 Å². The number of urea groups is 1. The van der Waals surface area contributed by atoms with Crippen LogP contribution in [-0.4, -0.2) is 48.9 Å². The van der Waals surface area contributed by atoms with Crippen LogP contribution in [0.1, 0.15) is 13.8 Å². The van der Waals surface area contributed by atoms with Crippen LogP contribution in [0.15, 0.2) is 0 Å². The SMILES string of the molecule is CNC(=O)[C@@H](C)N(C)C(=O)NC(=O)[C@@H](C)N. The molecule has 0 radical (unpaired) electrons. The van der Waals surface area contributed by atoms with Crippen molar-refractivity contribution in [3.05, 3.63) is 0 Å². The van der Waals surface area contributed by atoms with Crippen LogP contribution in [-0.2, 0) is 9.59 Å². The Morgan fingerprint density at radius 2 is 1.69 bits per heavy atom. The Morgan fingerprint density at radius 1 is 1.19 bits per heavy atom. The molecule has 0 aliphatic heterocycles. The van der Waals surface area contributed by atoms with E-state index in [1.54, 1.807) is 6.92 Å². The molecule has 92 valence electrons. The van der Waals surface area contributed by atoms with E-state index in [1.165, 1.54) is 21.0 Å². The van der Waals surface area contributed by atoms with Gasteiger partial charge in [0.25, 0.3) is 0 Å². The maximum absolute atomic E-state index is 11.5. The Balaban J connectivity index is 4.39. The molecule has 16 heavy (non-hydrogen) atoms. The van der Waals surface area contributed by atoms with Crippen molar-refractivity contribution in [1.29, 1.82) is 0 Å². The predicted molar refractivity (Wildman–Crippen MR) is 58.5 cm³/mol. The summed E-state index contributed by atoms with van der Waals surface area (Å²) < 4.78 is 0. The number of likely N-dealkylation sites (N-methyl/N-ethyl adjacent to an activating group) is 2. The van der Waals surface area contributed by atoms with Crippen LogP contribution < -0.4 is 16.4 Å². The number of hydrogen-bond donors (Lipinski definition) is 3. The lowest BCUT2D eigenvalue weighted by molar-refractivity contribution is -0.125. The van der Waals surface area contributed by atoms with E-state index in [0.29, 0.717) is 0 Å². The molecule has 4 amide bonds. The smallest absolute Gasteiger partial charge is 0.324 e. The molecule has 0 fully saturated rings. The van der Waals surface area contributed by atoms with Crippen LogP contribution in [0.5, 0.6) is 0 Å². The van der Waals surface area contributed by atoms with Gasteiger partial charge in [-0.25, -0.2) is 4.79 Å². The maximum atomic E-state index is 11.5. The average Bonchev–Trinajstić information content (AvgIpc) is 2.25. The monoisotopic (exact) mass is 230 g/mol. The van der Waals surface area contributed by atoms with E-state index in [1.807, 2.05) is 0 Å². The summed E-state index contributed by atoms with van der Waals surface area (Å²) in [6.45, 7) is 3.01. The van der Waals surface area contributed by atoms with Gasteiger partial charge in [-0.15, -0.1) is 0 Å². The molecular formula is C9H18N4O3. The first-order valence-corrected chi connectivity index (χ1v) is 4.86. The Bertz CT molecular complexity index is 290. The van der Waals surface area contributed by atoms with Gasteiger partial charge < -0.3 is 16.0 Å². The molecule has 0 aromatic heterocycles. The second-order valence-electron chi connectivity index (χ2n) is 3.48. The topological polar surface area (TPSA) is 105 Å². The highest BCUT2D eigenvalue weighted by atomic mass is 16.2. The van der Waals surface area contributed by atoms with Crippen LogP contribution >= 0.6 is 0 Å². The molecule has 7 heteroatoms. The third kappa shape index (κ3) is 3.85. The zero-order valence-electron chi connectivity index (χ0n) is 9.90. The normalized spacial score (nSPS) is 13.6. The highest BCUT2D eigenvalue weighted by molar-refractivity contribution is 5.98. The number of carbonyl (C=O) groups is 3. The van der Waals surface area contributed by atoms with Crippen molar-refractivity contribution in [3.63, 3.8) is 0 Å². The van der Waals surface area contributed by atoms with E-state index in [9.17, 15) is 14.4 Å². The number of nitrogens with two attached hydrogens (primary N) is 1. The molecule has 4 N–H and O–H groups in total. The lowest BCUT2D eigenvalue weighted by Crippen LogP contribution is -2.52. The molecular weight excluding hydrogens is 212 g/mol. The summed E-state index contributed by atoms with van der Waals surface area (Å²) >= 11 is 0. The largest absolute Gasteiger partial charge is 0.357 e. The molecule has 0 saturated heterocycles. The van der Waals surface area contributed by atoms with Gasteiger partial charge in [-0.05, 0) is 13.8 Å². The minimum absolute atomic E-state index is 0.314. The molecule has 2 atom stereocenters. The summed E-state index contributed by atoms with van der Waals surface area (Å²) in [5, 5.41) is 4.49. The molecule has 0 bridgehead atoms. The van der Waals surface area contributed by atoms with Crippen molar-refractivity contribution >= 4 is 17.8 Å². The van der Waals surface area contributed by atoms with Crippen molar-refractivity contribution in [2.75, 3.05) is 14.1 Å². The standard InChI is InChI=1S/C9H18N4O3/c1-5(10)7(14)12-9(16)13(4)6(2)8(15)11-3/h5-6H,10H2,1-4H3,(H,11,15)(H,12,14,16)/t5-,6-/m1/s1. The fraction of sp³-hybridized carbons (Fsp3) is 0.667. The zero-order chi connectivity index (χ0) is 12.9. The summed E-state index contributed by atoms with van der Waals surface area (Å²) in [5.74, 6) is -0.896. The summed E-state index contributed by atoms with van der Waals surface area (Å²) in [6, 6.07) is -2.09. The van der Waals surface area contributed by atoms with Gasteiger partial charge >= 0.3 is 6.03 Å². The lowest BCUT2D eigenvalue weighted by atomic mass is 10.3. The van der Waals surface area contributed by atoms with Crippen LogP contribution in [0.4, 0.5) is 4.79 Å². The molecule has 0 saturated carbocycles. The van der Waals surface area contributed by atoms with Crippen molar-refractivity contribution in [2.24, 2.45) is 5.73 Å². The van der Waals surface area contributed by atoms with Gasteiger partial charge in [0, 0.05) is 14.1 Å². The summed E-state index contributed by atoms with van der Waals surface area (Å²) in [6.07, 6.45) is 0. The third-order valence-corrected chi connectivity index (χ3v) is 2.17. The summed E-state index contributed by atoms with van der Waals surface area (Å²) in [4.78, 5) is 35.0. The molecule has 7 nitrogen and oxygen atoms in total. The lowest BCUT2D eigenvalue weighted by Gasteiger charge is -2.23. The second kappa shape index (κ2) is 6.06. The molecule has 0 rings (SSSR count). The van der Waals surface area contributed by atoms with Gasteiger partial charge in [-0.2, -0.15) is 0 Å². The van der Waals surface area contributed by atoms with Gasteiger partial charge in [0.2, 0.25) is 11.8 Å². The molecule has 0 unspecified atom stereocenters. The third-order valence-electron chi connectivity index (χ3n) is 2.17. The van der Waals surface area contributed by atoms with Crippen molar-refractivity contribution in [1.82, 2.24) is 15.5 Å². The Kier molecular flexibility index (Phi) is 5.44. The van der Waals surface area contributed by atoms with Crippen LogP contribution in [0.25, 0.3) is 0 Å². The highest BCUT2D eigenvalue weighted by Gasteiger charge is 2.23. The van der Waals surface area contributed by atoms with Crippen molar-refractivity contribution < 1.29 is 14.4 Å². The second-order valence-corrected chi connectivity index (χ2v) is 3.48. The van der Waals surface area contributed by atoms with Gasteiger partial charge in [0.1, 0.15) is 6.04 Å². The minimum atomic E-state index is -0.771. The number of nitrogens with one attached hydrogen (secondary N) is 2.